The Bertz CT molecular complexity index is 624. The van der Waals surface area contributed by atoms with E-state index < -0.39 is 5.91 Å². The van der Waals surface area contributed by atoms with Crippen molar-refractivity contribution in [3.05, 3.63) is 71.3 Å². The molecule has 2 rings (SSSR count). The highest BCUT2D eigenvalue weighted by atomic mass is 16.1. The maximum absolute atomic E-state index is 11.8. The van der Waals surface area contributed by atoms with Crippen LogP contribution in [-0.2, 0) is 17.8 Å². The molecular weight excluding hydrogens is 264 g/mol. The number of carbonyl (C=O) groups is 2. The summed E-state index contributed by atoms with van der Waals surface area (Å²) >= 11 is 0. The van der Waals surface area contributed by atoms with Crippen LogP contribution in [-0.4, -0.2) is 11.8 Å². The second-order valence-electron chi connectivity index (χ2n) is 4.83. The van der Waals surface area contributed by atoms with E-state index in [0.717, 1.165) is 11.1 Å². The lowest BCUT2D eigenvalue weighted by atomic mass is 10.1. The second-order valence-corrected chi connectivity index (χ2v) is 4.83. The fourth-order valence-corrected chi connectivity index (χ4v) is 2.03. The van der Waals surface area contributed by atoms with E-state index in [0.29, 0.717) is 24.9 Å². The van der Waals surface area contributed by atoms with Crippen LogP contribution in [0.3, 0.4) is 0 Å². The van der Waals surface area contributed by atoms with E-state index in [1.54, 1.807) is 18.2 Å². The summed E-state index contributed by atoms with van der Waals surface area (Å²) in [4.78, 5) is 22.9. The third kappa shape index (κ3) is 4.76. The lowest BCUT2D eigenvalue weighted by molar-refractivity contribution is -0.121. The standard InChI is InChI=1S/C17H18N2O2/c18-17(21)15-8-4-7-14(11-15)12-19-16(20)10-9-13-5-2-1-3-6-13/h1-8,11H,9-10,12H2,(H2,18,21)(H,19,20). The van der Waals surface area contributed by atoms with Gasteiger partial charge in [0.2, 0.25) is 11.8 Å². The molecule has 0 bridgehead atoms. The molecule has 3 N–H and O–H groups in total. The zero-order chi connectivity index (χ0) is 15.1. The molecule has 2 aromatic rings. The molecule has 0 spiro atoms. The van der Waals surface area contributed by atoms with E-state index in [9.17, 15) is 9.59 Å². The fraction of sp³-hybridized carbons (Fsp3) is 0.176. The Morgan fingerprint density at radius 1 is 0.952 bits per heavy atom. The Balaban J connectivity index is 1.81. The number of nitrogens with one attached hydrogen (secondary N) is 1. The lowest BCUT2D eigenvalue weighted by Crippen LogP contribution is -2.23. The number of benzene rings is 2. The van der Waals surface area contributed by atoms with E-state index in [-0.39, 0.29) is 5.91 Å². The summed E-state index contributed by atoms with van der Waals surface area (Å²) in [6.07, 6.45) is 1.16. The van der Waals surface area contributed by atoms with Gasteiger partial charge < -0.3 is 11.1 Å². The van der Waals surface area contributed by atoms with Gasteiger partial charge in [0.15, 0.2) is 0 Å². The normalized spacial score (nSPS) is 10.1. The van der Waals surface area contributed by atoms with Gasteiger partial charge in [0, 0.05) is 18.5 Å². The molecule has 0 saturated carbocycles. The monoisotopic (exact) mass is 282 g/mol. The largest absolute Gasteiger partial charge is 0.366 e. The lowest BCUT2D eigenvalue weighted by Gasteiger charge is -2.06. The predicted octanol–water partition coefficient (Wildman–Crippen LogP) is 2.03. The fourth-order valence-electron chi connectivity index (χ4n) is 2.03. The van der Waals surface area contributed by atoms with E-state index in [1.165, 1.54) is 0 Å². The van der Waals surface area contributed by atoms with Gasteiger partial charge in [-0.1, -0.05) is 42.5 Å². The minimum Gasteiger partial charge on any atom is -0.366 e. The van der Waals surface area contributed by atoms with E-state index in [2.05, 4.69) is 5.32 Å². The molecule has 0 aliphatic rings. The Morgan fingerprint density at radius 3 is 2.38 bits per heavy atom. The highest BCUT2D eigenvalue weighted by Gasteiger charge is 2.04. The van der Waals surface area contributed by atoms with Crippen LogP contribution in [0.15, 0.2) is 54.6 Å². The summed E-state index contributed by atoms with van der Waals surface area (Å²) in [5, 5.41) is 2.84. The topological polar surface area (TPSA) is 72.2 Å². The van der Waals surface area contributed by atoms with Crippen molar-refractivity contribution >= 4 is 11.8 Å². The molecule has 0 aromatic heterocycles. The molecule has 0 fully saturated rings. The van der Waals surface area contributed by atoms with Crippen molar-refractivity contribution in [1.29, 1.82) is 0 Å². The summed E-state index contributed by atoms with van der Waals surface area (Å²) in [7, 11) is 0. The van der Waals surface area contributed by atoms with E-state index in [4.69, 9.17) is 5.73 Å². The molecule has 2 aromatic carbocycles. The number of aryl methyl sites for hydroxylation is 1. The molecule has 108 valence electrons. The van der Waals surface area contributed by atoms with E-state index in [1.807, 2.05) is 36.4 Å². The molecule has 0 heterocycles. The quantitative estimate of drug-likeness (QED) is 0.851. The van der Waals surface area contributed by atoms with Crippen LogP contribution >= 0.6 is 0 Å². The van der Waals surface area contributed by atoms with Crippen molar-refractivity contribution in [2.24, 2.45) is 5.73 Å². The van der Waals surface area contributed by atoms with Crippen LogP contribution in [0.2, 0.25) is 0 Å². The zero-order valence-corrected chi connectivity index (χ0v) is 11.7. The van der Waals surface area contributed by atoms with E-state index >= 15 is 0 Å². The Hall–Kier alpha value is -2.62. The number of primary amides is 1. The summed E-state index contributed by atoms with van der Waals surface area (Å²) < 4.78 is 0. The average Bonchev–Trinajstić information content (AvgIpc) is 2.52. The Morgan fingerprint density at radius 2 is 1.67 bits per heavy atom. The summed E-state index contributed by atoms with van der Waals surface area (Å²) in [6, 6.07) is 16.8. The second kappa shape index (κ2) is 7.24. The van der Waals surface area contributed by atoms with Gasteiger partial charge in [0.1, 0.15) is 0 Å². The van der Waals surface area contributed by atoms with Crippen molar-refractivity contribution in [1.82, 2.24) is 5.32 Å². The molecule has 0 unspecified atom stereocenters. The molecule has 21 heavy (non-hydrogen) atoms. The number of carbonyl (C=O) groups excluding carboxylic acids is 2. The van der Waals surface area contributed by atoms with Crippen molar-refractivity contribution in [2.45, 2.75) is 19.4 Å². The van der Waals surface area contributed by atoms with Crippen molar-refractivity contribution in [2.75, 3.05) is 0 Å². The first-order valence-electron chi connectivity index (χ1n) is 6.84. The summed E-state index contributed by atoms with van der Waals surface area (Å²) in [5.41, 5.74) is 7.68. The van der Waals surface area contributed by atoms with Gasteiger partial charge in [-0.05, 0) is 29.7 Å². The molecule has 0 radical (unpaired) electrons. The van der Waals surface area contributed by atoms with Gasteiger partial charge in [0.25, 0.3) is 0 Å². The zero-order valence-electron chi connectivity index (χ0n) is 11.7. The third-order valence-corrected chi connectivity index (χ3v) is 3.18. The molecular formula is C17H18N2O2. The predicted molar refractivity (Wildman–Crippen MR) is 81.6 cm³/mol. The third-order valence-electron chi connectivity index (χ3n) is 3.18. The first kappa shape index (κ1) is 14.8. The number of amides is 2. The number of hydrogen-bond donors (Lipinski definition) is 2. The number of nitrogens with two attached hydrogens (primary N) is 1. The number of rotatable bonds is 6. The number of hydrogen-bond acceptors (Lipinski definition) is 2. The maximum Gasteiger partial charge on any atom is 0.248 e. The van der Waals surface area contributed by atoms with Crippen LogP contribution in [0.4, 0.5) is 0 Å². The molecule has 0 aliphatic carbocycles. The Labute approximate surface area is 124 Å². The van der Waals surface area contributed by atoms with Crippen LogP contribution in [0, 0.1) is 0 Å². The van der Waals surface area contributed by atoms with Gasteiger partial charge in [-0.2, -0.15) is 0 Å². The van der Waals surface area contributed by atoms with Gasteiger partial charge >= 0.3 is 0 Å². The SMILES string of the molecule is NC(=O)c1cccc(CNC(=O)CCc2ccccc2)c1. The van der Waals surface area contributed by atoms with Crippen LogP contribution in [0.5, 0.6) is 0 Å². The first-order valence-corrected chi connectivity index (χ1v) is 6.84. The molecule has 4 nitrogen and oxygen atoms in total. The Kier molecular flexibility index (Phi) is 5.10. The first-order chi connectivity index (χ1) is 10.1. The molecule has 2 amide bonds. The van der Waals surface area contributed by atoms with Crippen LogP contribution in [0.1, 0.15) is 27.9 Å². The van der Waals surface area contributed by atoms with Gasteiger partial charge in [-0.3, -0.25) is 9.59 Å². The van der Waals surface area contributed by atoms with Crippen molar-refractivity contribution in [3.8, 4) is 0 Å². The summed E-state index contributed by atoms with van der Waals surface area (Å²) in [6.45, 7) is 0.398. The molecule has 0 aliphatic heterocycles. The highest BCUT2D eigenvalue weighted by Crippen LogP contribution is 2.05. The van der Waals surface area contributed by atoms with Crippen molar-refractivity contribution < 1.29 is 9.59 Å². The highest BCUT2D eigenvalue weighted by molar-refractivity contribution is 5.92. The van der Waals surface area contributed by atoms with Crippen LogP contribution in [0.25, 0.3) is 0 Å². The average molecular weight is 282 g/mol. The summed E-state index contributed by atoms with van der Waals surface area (Å²) in [5.74, 6) is -0.476. The van der Waals surface area contributed by atoms with Gasteiger partial charge in [-0.15, -0.1) is 0 Å². The smallest absolute Gasteiger partial charge is 0.248 e. The molecule has 0 saturated heterocycles. The van der Waals surface area contributed by atoms with Crippen LogP contribution < -0.4 is 11.1 Å². The molecule has 0 atom stereocenters. The van der Waals surface area contributed by atoms with Crippen molar-refractivity contribution in [3.63, 3.8) is 0 Å². The minimum atomic E-state index is -0.466. The van der Waals surface area contributed by atoms with Gasteiger partial charge in [-0.25, -0.2) is 0 Å². The van der Waals surface area contributed by atoms with Gasteiger partial charge in [0.05, 0.1) is 0 Å². The molecule has 4 heteroatoms. The maximum atomic E-state index is 11.8. The minimum absolute atomic E-state index is 0.0108.